The number of hydrogen-bond acceptors (Lipinski definition) is 5. The summed E-state index contributed by atoms with van der Waals surface area (Å²) in [6.07, 6.45) is 5.39. The van der Waals surface area contributed by atoms with Crippen molar-refractivity contribution in [1.82, 2.24) is 15.1 Å². The van der Waals surface area contributed by atoms with Gasteiger partial charge in [0.2, 0.25) is 5.91 Å². The standard InChI is InChI=1S/C14H23N3O4/c1-17-9-11(8-15-17)2-3-14(19)16-12-10-20-6-4-13(12)21-7-5-18/h8-9,12-13,18H,2-7,10H2,1H3,(H,16,19)/t12-,13+/m1/s1. The fourth-order valence-corrected chi connectivity index (χ4v) is 2.39. The van der Waals surface area contributed by atoms with Crippen LogP contribution in [0.1, 0.15) is 18.4 Å². The summed E-state index contributed by atoms with van der Waals surface area (Å²) in [6, 6.07) is -0.147. The Morgan fingerprint density at radius 3 is 3.24 bits per heavy atom. The van der Waals surface area contributed by atoms with E-state index in [1.807, 2.05) is 13.2 Å². The van der Waals surface area contributed by atoms with Crippen LogP contribution in [0.15, 0.2) is 12.4 Å². The van der Waals surface area contributed by atoms with Crippen LogP contribution >= 0.6 is 0 Å². The first-order chi connectivity index (χ1) is 10.2. The summed E-state index contributed by atoms with van der Waals surface area (Å²) < 4.78 is 12.7. The normalized spacial score (nSPS) is 22.2. The molecule has 0 radical (unpaired) electrons. The highest BCUT2D eigenvalue weighted by Gasteiger charge is 2.27. The number of ether oxygens (including phenoxy) is 2. The maximum atomic E-state index is 12.0. The Bertz CT molecular complexity index is 449. The molecule has 7 heteroatoms. The molecule has 1 aromatic heterocycles. The van der Waals surface area contributed by atoms with Crippen molar-refractivity contribution < 1.29 is 19.4 Å². The molecule has 1 aromatic rings. The first-order valence-electron chi connectivity index (χ1n) is 7.26. The highest BCUT2D eigenvalue weighted by molar-refractivity contribution is 5.76. The van der Waals surface area contributed by atoms with Crippen molar-refractivity contribution in [2.45, 2.75) is 31.4 Å². The van der Waals surface area contributed by atoms with Gasteiger partial charge in [0.15, 0.2) is 0 Å². The summed E-state index contributed by atoms with van der Waals surface area (Å²) in [5.74, 6) is -0.0213. The molecule has 21 heavy (non-hydrogen) atoms. The number of carbonyl (C=O) groups is 1. The predicted molar refractivity (Wildman–Crippen MR) is 75.7 cm³/mol. The molecule has 1 fully saturated rings. The lowest BCUT2D eigenvalue weighted by molar-refractivity contribution is -0.126. The SMILES string of the molecule is Cn1cc(CCC(=O)N[C@@H]2COCC[C@@H]2OCCO)cn1. The monoisotopic (exact) mass is 297 g/mol. The highest BCUT2D eigenvalue weighted by Crippen LogP contribution is 2.12. The molecule has 7 nitrogen and oxygen atoms in total. The zero-order valence-corrected chi connectivity index (χ0v) is 12.3. The maximum Gasteiger partial charge on any atom is 0.220 e. The van der Waals surface area contributed by atoms with Crippen LogP contribution in [0.3, 0.4) is 0 Å². The summed E-state index contributed by atoms with van der Waals surface area (Å²) in [5, 5.41) is 15.9. The molecule has 2 heterocycles. The van der Waals surface area contributed by atoms with Gasteiger partial charge in [-0.05, 0) is 18.4 Å². The number of aromatic nitrogens is 2. The fraction of sp³-hybridized carbons (Fsp3) is 0.714. The van der Waals surface area contributed by atoms with Gasteiger partial charge in [-0.25, -0.2) is 0 Å². The van der Waals surface area contributed by atoms with Crippen molar-refractivity contribution >= 4 is 5.91 Å². The molecule has 2 rings (SSSR count). The largest absolute Gasteiger partial charge is 0.394 e. The van der Waals surface area contributed by atoms with E-state index in [0.29, 0.717) is 26.1 Å². The summed E-state index contributed by atoms with van der Waals surface area (Å²) in [5.41, 5.74) is 1.04. The smallest absolute Gasteiger partial charge is 0.220 e. The molecule has 1 amide bonds. The number of nitrogens with zero attached hydrogens (tertiary/aromatic N) is 2. The molecule has 0 unspecified atom stereocenters. The number of amides is 1. The molecular weight excluding hydrogens is 274 g/mol. The summed E-state index contributed by atoms with van der Waals surface area (Å²) in [4.78, 5) is 12.0. The van der Waals surface area contributed by atoms with Crippen LogP contribution in [0.2, 0.25) is 0 Å². The number of rotatable bonds is 7. The van der Waals surface area contributed by atoms with Gasteiger partial charge in [0.1, 0.15) is 0 Å². The van der Waals surface area contributed by atoms with Crippen molar-refractivity contribution in [3.05, 3.63) is 18.0 Å². The van der Waals surface area contributed by atoms with Gasteiger partial charge in [0, 0.05) is 26.3 Å². The van der Waals surface area contributed by atoms with Gasteiger partial charge in [-0.3, -0.25) is 9.48 Å². The second kappa shape index (κ2) is 8.11. The lowest BCUT2D eigenvalue weighted by atomic mass is 10.1. The predicted octanol–water partition coefficient (Wildman–Crippen LogP) is -0.365. The Morgan fingerprint density at radius 1 is 1.67 bits per heavy atom. The Hall–Kier alpha value is -1.44. The van der Waals surface area contributed by atoms with E-state index in [1.54, 1.807) is 10.9 Å². The van der Waals surface area contributed by atoms with E-state index in [9.17, 15) is 4.79 Å². The lowest BCUT2D eigenvalue weighted by Gasteiger charge is -2.32. The van der Waals surface area contributed by atoms with Gasteiger partial charge in [0.05, 0.1) is 38.2 Å². The van der Waals surface area contributed by atoms with Gasteiger partial charge in [-0.15, -0.1) is 0 Å². The molecule has 0 bridgehead atoms. The third kappa shape index (κ3) is 5.11. The Labute approximate surface area is 124 Å². The third-order valence-corrected chi connectivity index (χ3v) is 3.46. The number of aryl methyl sites for hydroxylation is 2. The molecular formula is C14H23N3O4. The zero-order chi connectivity index (χ0) is 15.1. The average molecular weight is 297 g/mol. The van der Waals surface area contributed by atoms with E-state index in [1.165, 1.54) is 0 Å². The topological polar surface area (TPSA) is 85.6 Å². The molecule has 0 saturated carbocycles. The first kappa shape index (κ1) is 15.9. The van der Waals surface area contributed by atoms with Gasteiger partial charge in [-0.1, -0.05) is 0 Å². The van der Waals surface area contributed by atoms with Crippen molar-refractivity contribution in [1.29, 1.82) is 0 Å². The van der Waals surface area contributed by atoms with Crippen LogP contribution in [0, 0.1) is 0 Å². The average Bonchev–Trinajstić information content (AvgIpc) is 2.90. The molecule has 0 aliphatic carbocycles. The first-order valence-corrected chi connectivity index (χ1v) is 7.26. The minimum absolute atomic E-state index is 0.0149. The molecule has 1 aliphatic rings. The van der Waals surface area contributed by atoms with E-state index >= 15 is 0 Å². The van der Waals surface area contributed by atoms with Crippen molar-refractivity contribution in [2.24, 2.45) is 7.05 Å². The Morgan fingerprint density at radius 2 is 2.52 bits per heavy atom. The van der Waals surface area contributed by atoms with Gasteiger partial charge in [0.25, 0.3) is 0 Å². The second-order valence-corrected chi connectivity index (χ2v) is 5.19. The molecule has 0 spiro atoms. The van der Waals surface area contributed by atoms with Gasteiger partial charge in [-0.2, -0.15) is 5.10 Å². The minimum atomic E-state index is -0.147. The van der Waals surface area contributed by atoms with E-state index < -0.39 is 0 Å². The summed E-state index contributed by atoms with van der Waals surface area (Å²) in [6.45, 7) is 1.35. The van der Waals surface area contributed by atoms with Crippen LogP contribution in [0.25, 0.3) is 0 Å². The minimum Gasteiger partial charge on any atom is -0.394 e. The van der Waals surface area contributed by atoms with Crippen LogP contribution in [-0.2, 0) is 27.7 Å². The molecule has 1 saturated heterocycles. The summed E-state index contributed by atoms with van der Waals surface area (Å²) in [7, 11) is 1.85. The van der Waals surface area contributed by atoms with E-state index in [2.05, 4.69) is 10.4 Å². The number of carbonyl (C=O) groups excluding carboxylic acids is 1. The van der Waals surface area contributed by atoms with Crippen LogP contribution in [-0.4, -0.2) is 59.4 Å². The Kier molecular flexibility index (Phi) is 6.16. The molecule has 1 aliphatic heterocycles. The summed E-state index contributed by atoms with van der Waals surface area (Å²) >= 11 is 0. The number of aliphatic hydroxyl groups is 1. The van der Waals surface area contributed by atoms with Crippen LogP contribution < -0.4 is 5.32 Å². The van der Waals surface area contributed by atoms with Gasteiger partial charge < -0.3 is 19.9 Å². The van der Waals surface area contributed by atoms with Crippen LogP contribution in [0.5, 0.6) is 0 Å². The zero-order valence-electron chi connectivity index (χ0n) is 12.3. The van der Waals surface area contributed by atoms with Crippen molar-refractivity contribution in [2.75, 3.05) is 26.4 Å². The Balaban J connectivity index is 1.76. The number of aliphatic hydroxyl groups excluding tert-OH is 1. The fourth-order valence-electron chi connectivity index (χ4n) is 2.39. The molecule has 0 aromatic carbocycles. The molecule has 2 N–H and O–H groups in total. The quantitative estimate of drug-likeness (QED) is 0.717. The van der Waals surface area contributed by atoms with Crippen molar-refractivity contribution in [3.8, 4) is 0 Å². The van der Waals surface area contributed by atoms with Crippen LogP contribution in [0.4, 0.5) is 0 Å². The third-order valence-electron chi connectivity index (χ3n) is 3.46. The number of hydrogen-bond donors (Lipinski definition) is 2. The molecule has 118 valence electrons. The number of nitrogens with one attached hydrogen (secondary N) is 1. The lowest BCUT2D eigenvalue weighted by Crippen LogP contribution is -2.50. The van der Waals surface area contributed by atoms with E-state index in [4.69, 9.17) is 14.6 Å². The van der Waals surface area contributed by atoms with Crippen molar-refractivity contribution in [3.63, 3.8) is 0 Å². The second-order valence-electron chi connectivity index (χ2n) is 5.19. The highest BCUT2D eigenvalue weighted by atomic mass is 16.5. The van der Waals surface area contributed by atoms with E-state index in [-0.39, 0.29) is 31.3 Å². The maximum absolute atomic E-state index is 12.0. The van der Waals surface area contributed by atoms with Gasteiger partial charge >= 0.3 is 0 Å². The van der Waals surface area contributed by atoms with E-state index in [0.717, 1.165) is 12.0 Å². The molecule has 2 atom stereocenters.